The Morgan fingerprint density at radius 1 is 1.24 bits per heavy atom. The molecule has 0 atom stereocenters. The fraction of sp³-hybridized carbons (Fsp3) is 0.412. The molecular weight excluding hydrogens is 344 g/mol. The van der Waals surface area contributed by atoms with E-state index in [4.69, 9.17) is 5.11 Å². The van der Waals surface area contributed by atoms with Gasteiger partial charge in [0, 0.05) is 18.2 Å². The van der Waals surface area contributed by atoms with Gasteiger partial charge in [-0.2, -0.15) is 0 Å². The summed E-state index contributed by atoms with van der Waals surface area (Å²) in [7, 11) is -3.69. The summed E-state index contributed by atoms with van der Waals surface area (Å²) < 4.78 is 26.6. The van der Waals surface area contributed by atoms with Crippen molar-refractivity contribution in [3.63, 3.8) is 0 Å². The number of benzene rings is 1. The van der Waals surface area contributed by atoms with Gasteiger partial charge in [-0.25, -0.2) is 13.1 Å². The van der Waals surface area contributed by atoms with Crippen LogP contribution in [0.1, 0.15) is 36.0 Å². The molecule has 7 nitrogen and oxygen atoms in total. The minimum absolute atomic E-state index is 0.0107. The zero-order valence-corrected chi connectivity index (χ0v) is 14.6. The highest BCUT2D eigenvalue weighted by molar-refractivity contribution is 7.89. The molecule has 1 aromatic rings. The maximum absolute atomic E-state index is 12.4. The van der Waals surface area contributed by atoms with Crippen molar-refractivity contribution in [1.29, 1.82) is 0 Å². The molecule has 1 aliphatic rings. The third-order valence-corrected chi connectivity index (χ3v) is 5.66. The maximum atomic E-state index is 12.4. The van der Waals surface area contributed by atoms with Crippen molar-refractivity contribution in [1.82, 2.24) is 10.0 Å². The van der Waals surface area contributed by atoms with E-state index in [1.807, 2.05) is 0 Å². The average molecular weight is 366 g/mol. The molecule has 0 spiro atoms. The first-order chi connectivity index (χ1) is 11.8. The Morgan fingerprint density at radius 3 is 2.52 bits per heavy atom. The molecule has 1 aromatic carbocycles. The van der Waals surface area contributed by atoms with Crippen molar-refractivity contribution < 1.29 is 23.1 Å². The van der Waals surface area contributed by atoms with Crippen molar-refractivity contribution in [3.05, 3.63) is 42.5 Å². The lowest BCUT2D eigenvalue weighted by molar-refractivity contribution is -0.142. The molecular formula is C17H22N2O5S. The first kappa shape index (κ1) is 19.1. The molecule has 0 unspecified atom stereocenters. The Hall–Kier alpha value is -2.19. The normalized spacial score (nSPS) is 20.6. The van der Waals surface area contributed by atoms with E-state index in [0.717, 1.165) is 0 Å². The SMILES string of the molecule is C=CCNS(=O)(=O)c1cccc(C(=O)NC2CCC(C(=O)O)CC2)c1. The van der Waals surface area contributed by atoms with Gasteiger partial charge in [-0.05, 0) is 43.9 Å². The molecule has 3 N–H and O–H groups in total. The fourth-order valence-corrected chi connectivity index (χ4v) is 3.85. The standard InChI is InChI=1S/C17H22N2O5S/c1-2-10-18-25(23,24)15-5-3-4-13(11-15)16(20)19-14-8-6-12(7-9-14)17(21)22/h2-5,11-12,14,18H,1,6-10H2,(H,19,20)(H,21,22). The zero-order valence-electron chi connectivity index (χ0n) is 13.8. The second-order valence-electron chi connectivity index (χ2n) is 6.03. The van der Waals surface area contributed by atoms with E-state index >= 15 is 0 Å². The van der Waals surface area contributed by atoms with Crippen molar-refractivity contribution in [3.8, 4) is 0 Å². The summed E-state index contributed by atoms with van der Waals surface area (Å²) in [5, 5.41) is 11.8. The van der Waals surface area contributed by atoms with Crippen molar-refractivity contribution in [2.45, 2.75) is 36.6 Å². The number of rotatable bonds is 7. The lowest BCUT2D eigenvalue weighted by atomic mass is 9.86. The van der Waals surface area contributed by atoms with Gasteiger partial charge in [-0.1, -0.05) is 12.1 Å². The molecule has 136 valence electrons. The number of hydrogen-bond donors (Lipinski definition) is 3. The molecule has 25 heavy (non-hydrogen) atoms. The van der Waals surface area contributed by atoms with E-state index in [9.17, 15) is 18.0 Å². The molecule has 0 heterocycles. The molecule has 0 bridgehead atoms. The Labute approximate surface area is 147 Å². The summed E-state index contributed by atoms with van der Waals surface area (Å²) in [6.45, 7) is 3.56. The number of carboxylic acid groups (broad SMARTS) is 1. The second kappa shape index (κ2) is 8.26. The second-order valence-corrected chi connectivity index (χ2v) is 7.80. The third kappa shape index (κ3) is 5.14. The summed E-state index contributed by atoms with van der Waals surface area (Å²) in [5.41, 5.74) is 0.252. The van der Waals surface area contributed by atoms with Gasteiger partial charge in [0.1, 0.15) is 0 Å². The monoisotopic (exact) mass is 366 g/mol. The average Bonchev–Trinajstić information content (AvgIpc) is 2.60. The number of sulfonamides is 1. The summed E-state index contributed by atoms with van der Waals surface area (Å²) >= 11 is 0. The topological polar surface area (TPSA) is 113 Å². The van der Waals surface area contributed by atoms with Crippen LogP contribution in [0.15, 0.2) is 41.8 Å². The predicted octanol–water partition coefficient (Wildman–Crippen LogP) is 1.52. The lowest BCUT2D eigenvalue weighted by Crippen LogP contribution is -2.38. The van der Waals surface area contributed by atoms with Crippen LogP contribution in [0.3, 0.4) is 0 Å². The summed E-state index contributed by atoms with van der Waals surface area (Å²) in [4.78, 5) is 23.3. The van der Waals surface area contributed by atoms with Gasteiger partial charge < -0.3 is 10.4 Å². The molecule has 0 aromatic heterocycles. The number of carbonyl (C=O) groups excluding carboxylic acids is 1. The minimum atomic E-state index is -3.69. The summed E-state index contributed by atoms with van der Waals surface area (Å²) in [6, 6.07) is 5.70. The lowest BCUT2D eigenvalue weighted by Gasteiger charge is -2.26. The Balaban J connectivity index is 2.02. The molecule has 0 radical (unpaired) electrons. The zero-order chi connectivity index (χ0) is 18.4. The van der Waals surface area contributed by atoms with Crippen LogP contribution in [0.2, 0.25) is 0 Å². The van der Waals surface area contributed by atoms with Gasteiger partial charge in [0.05, 0.1) is 10.8 Å². The number of nitrogens with one attached hydrogen (secondary N) is 2. The van der Waals surface area contributed by atoms with Gasteiger partial charge in [0.2, 0.25) is 10.0 Å². The molecule has 2 rings (SSSR count). The Kier molecular flexibility index (Phi) is 6.33. The maximum Gasteiger partial charge on any atom is 0.306 e. The quantitative estimate of drug-likeness (QED) is 0.634. The van der Waals surface area contributed by atoms with Gasteiger partial charge in [-0.3, -0.25) is 9.59 Å². The first-order valence-corrected chi connectivity index (χ1v) is 9.56. The fourth-order valence-electron chi connectivity index (χ4n) is 2.81. The van der Waals surface area contributed by atoms with E-state index in [1.54, 1.807) is 6.07 Å². The molecule has 0 saturated heterocycles. The van der Waals surface area contributed by atoms with Gasteiger partial charge in [0.15, 0.2) is 0 Å². The molecule has 1 fully saturated rings. The predicted molar refractivity (Wildman–Crippen MR) is 92.7 cm³/mol. The van der Waals surface area contributed by atoms with Crippen molar-refractivity contribution in [2.24, 2.45) is 5.92 Å². The van der Waals surface area contributed by atoms with Crippen LogP contribution in [0.25, 0.3) is 0 Å². The largest absolute Gasteiger partial charge is 0.481 e. The van der Waals surface area contributed by atoms with E-state index in [2.05, 4.69) is 16.6 Å². The van der Waals surface area contributed by atoms with Gasteiger partial charge in [0.25, 0.3) is 5.91 Å². The van der Waals surface area contributed by atoms with Crippen LogP contribution in [0, 0.1) is 5.92 Å². The van der Waals surface area contributed by atoms with E-state index in [1.165, 1.54) is 24.3 Å². The van der Waals surface area contributed by atoms with E-state index in [0.29, 0.717) is 25.7 Å². The smallest absolute Gasteiger partial charge is 0.306 e. The van der Waals surface area contributed by atoms with Crippen LogP contribution < -0.4 is 10.0 Å². The van der Waals surface area contributed by atoms with Gasteiger partial charge >= 0.3 is 5.97 Å². The Morgan fingerprint density at radius 2 is 1.92 bits per heavy atom. The van der Waals surface area contributed by atoms with Crippen LogP contribution in [-0.2, 0) is 14.8 Å². The summed E-state index contributed by atoms with van der Waals surface area (Å²) in [6.07, 6.45) is 3.69. The molecule has 8 heteroatoms. The summed E-state index contributed by atoms with van der Waals surface area (Å²) in [5.74, 6) is -1.51. The number of amides is 1. The van der Waals surface area contributed by atoms with Crippen LogP contribution in [0.4, 0.5) is 0 Å². The highest BCUT2D eigenvalue weighted by atomic mass is 32.2. The highest BCUT2D eigenvalue weighted by Crippen LogP contribution is 2.24. The van der Waals surface area contributed by atoms with Crippen LogP contribution in [-0.4, -0.2) is 38.0 Å². The third-order valence-electron chi connectivity index (χ3n) is 4.24. The number of hydrogen-bond acceptors (Lipinski definition) is 4. The first-order valence-electron chi connectivity index (χ1n) is 8.08. The number of carboxylic acids is 1. The van der Waals surface area contributed by atoms with Crippen molar-refractivity contribution >= 4 is 21.9 Å². The number of carbonyl (C=O) groups is 2. The number of aliphatic carboxylic acids is 1. The van der Waals surface area contributed by atoms with E-state index in [-0.39, 0.29) is 34.9 Å². The molecule has 1 aliphatic carbocycles. The molecule has 0 aliphatic heterocycles. The molecule has 1 saturated carbocycles. The van der Waals surface area contributed by atoms with E-state index < -0.39 is 16.0 Å². The van der Waals surface area contributed by atoms with Gasteiger partial charge in [-0.15, -0.1) is 6.58 Å². The van der Waals surface area contributed by atoms with Crippen molar-refractivity contribution in [2.75, 3.05) is 6.54 Å². The molecule has 1 amide bonds. The van der Waals surface area contributed by atoms with Crippen LogP contribution in [0.5, 0.6) is 0 Å². The minimum Gasteiger partial charge on any atom is -0.481 e. The Bertz CT molecular complexity index is 752. The van der Waals surface area contributed by atoms with Crippen LogP contribution >= 0.6 is 0 Å². The highest BCUT2D eigenvalue weighted by Gasteiger charge is 2.27.